The molecule has 0 radical (unpaired) electrons. The normalized spacial score (nSPS) is 46.2. The molecule has 0 N–H and O–H groups in total. The number of hydrogen-bond acceptors (Lipinski definition) is 6. The lowest BCUT2D eigenvalue weighted by Crippen LogP contribution is -2.73. The van der Waals surface area contributed by atoms with Gasteiger partial charge in [0.1, 0.15) is 12.6 Å². The molecule has 6 fully saturated rings. The Bertz CT molecular complexity index is 910. The Kier molecular flexibility index (Phi) is 4.14. The molecule has 1 spiro atoms. The first-order valence-corrected chi connectivity index (χ1v) is 10.9. The van der Waals surface area contributed by atoms with E-state index in [1.807, 2.05) is 0 Å². The topological polar surface area (TPSA) is 118 Å². The van der Waals surface area contributed by atoms with Crippen molar-refractivity contribution in [3.63, 3.8) is 0 Å². The maximum absolute atomic E-state index is 13.6. The summed E-state index contributed by atoms with van der Waals surface area (Å²) < 4.78 is 11.6. The lowest BCUT2D eigenvalue weighted by Gasteiger charge is -2.69. The Morgan fingerprint density at radius 2 is 2.07 bits per heavy atom. The second kappa shape index (κ2) is 6.33. The van der Waals surface area contributed by atoms with Crippen LogP contribution in [0.2, 0.25) is 0 Å². The molecule has 6 aliphatic rings. The minimum absolute atomic E-state index is 0.00769. The van der Waals surface area contributed by atoms with Gasteiger partial charge in [-0.2, -0.15) is 0 Å². The SMILES string of the molecule is C=C1C(=O)C23CC[C@H]1CC2C12CCC[C@@](C)(COC1=O)C2C[C@H]3OC(=O)CN=[N+]=[N-]. The number of azide groups is 1. The molecule has 4 bridgehead atoms. The van der Waals surface area contributed by atoms with Crippen LogP contribution in [0, 0.1) is 34.0 Å². The van der Waals surface area contributed by atoms with Crippen molar-refractivity contribution in [2.75, 3.05) is 13.2 Å². The van der Waals surface area contributed by atoms with E-state index in [-0.39, 0.29) is 34.9 Å². The number of cyclic esters (lactones) is 1. The van der Waals surface area contributed by atoms with Gasteiger partial charge >= 0.3 is 11.9 Å². The Balaban J connectivity index is 1.64. The third-order valence-electron chi connectivity index (χ3n) is 9.15. The summed E-state index contributed by atoms with van der Waals surface area (Å²) in [6.45, 7) is 6.21. The van der Waals surface area contributed by atoms with Crippen molar-refractivity contribution < 1.29 is 23.9 Å². The van der Waals surface area contributed by atoms with E-state index >= 15 is 0 Å². The highest BCUT2D eigenvalue weighted by atomic mass is 16.5. The van der Waals surface area contributed by atoms with E-state index in [0.29, 0.717) is 25.0 Å². The van der Waals surface area contributed by atoms with Crippen molar-refractivity contribution in [1.82, 2.24) is 0 Å². The van der Waals surface area contributed by atoms with E-state index in [1.54, 1.807) is 0 Å². The van der Waals surface area contributed by atoms with Crippen molar-refractivity contribution in [3.8, 4) is 0 Å². The smallest absolute Gasteiger partial charge is 0.312 e. The van der Waals surface area contributed by atoms with Gasteiger partial charge in [0.05, 0.1) is 17.4 Å². The molecule has 1 aliphatic heterocycles. The summed E-state index contributed by atoms with van der Waals surface area (Å²) in [6, 6.07) is 0. The zero-order valence-electron chi connectivity index (χ0n) is 17.3. The van der Waals surface area contributed by atoms with Gasteiger partial charge < -0.3 is 9.47 Å². The van der Waals surface area contributed by atoms with Crippen LogP contribution in [-0.2, 0) is 23.9 Å². The molecule has 4 unspecified atom stereocenters. The van der Waals surface area contributed by atoms with Crippen LogP contribution in [0.1, 0.15) is 51.9 Å². The molecule has 0 aromatic rings. The van der Waals surface area contributed by atoms with E-state index in [1.165, 1.54) is 0 Å². The zero-order valence-corrected chi connectivity index (χ0v) is 17.3. The molecule has 8 nitrogen and oxygen atoms in total. The van der Waals surface area contributed by atoms with Gasteiger partial charge in [0.2, 0.25) is 0 Å². The van der Waals surface area contributed by atoms with Gasteiger partial charge in [-0.15, -0.1) is 0 Å². The predicted molar refractivity (Wildman–Crippen MR) is 105 cm³/mol. The number of allylic oxidation sites excluding steroid dienone is 1. The summed E-state index contributed by atoms with van der Waals surface area (Å²) in [7, 11) is 0. The molecule has 0 aromatic heterocycles. The zero-order chi connectivity index (χ0) is 21.3. The molecular formula is C22H27N3O5. The molecule has 5 saturated carbocycles. The molecule has 7 atom stereocenters. The van der Waals surface area contributed by atoms with E-state index in [0.717, 1.165) is 32.1 Å². The number of ketones is 1. The van der Waals surface area contributed by atoms with Gasteiger partial charge in [0, 0.05) is 10.3 Å². The van der Waals surface area contributed by atoms with Gasteiger partial charge in [-0.05, 0) is 67.4 Å². The average molecular weight is 413 g/mol. The lowest BCUT2D eigenvalue weighted by molar-refractivity contribution is -0.257. The number of ether oxygens (including phenoxy) is 2. The summed E-state index contributed by atoms with van der Waals surface area (Å²) in [4.78, 5) is 42.1. The van der Waals surface area contributed by atoms with Crippen LogP contribution in [-0.4, -0.2) is 37.0 Å². The number of fused-ring (bicyclic) bond motifs is 2. The number of nitrogens with zero attached hydrogens (tertiary/aromatic N) is 3. The summed E-state index contributed by atoms with van der Waals surface area (Å²) in [5, 5.41) is 3.33. The first-order valence-electron chi connectivity index (χ1n) is 10.9. The second-order valence-corrected chi connectivity index (χ2v) is 10.2. The molecule has 0 aromatic carbocycles. The highest BCUT2D eigenvalue weighted by molar-refractivity contribution is 6.03. The Morgan fingerprint density at radius 3 is 2.83 bits per heavy atom. The maximum atomic E-state index is 13.6. The standard InChI is InChI=1S/C22H27N3O5/c1-12-13-4-7-22(18(12)27)15(8-13)21-6-3-5-20(2,11-29-19(21)28)14(21)9-16(22)30-17(26)10-24-25-23/h13-16H,1,3-11H2,2H3/t13-,14?,15?,16+,20-,21?,22?/m0/s1. The molecule has 8 heteroatoms. The van der Waals surface area contributed by atoms with Crippen molar-refractivity contribution in [2.24, 2.45) is 39.1 Å². The summed E-state index contributed by atoms with van der Waals surface area (Å²) in [6.07, 6.45) is 4.59. The van der Waals surface area contributed by atoms with E-state index in [4.69, 9.17) is 15.0 Å². The Labute approximate surface area is 175 Å². The molecule has 6 rings (SSSR count). The minimum Gasteiger partial charge on any atom is -0.465 e. The predicted octanol–water partition coefficient (Wildman–Crippen LogP) is 3.50. The van der Waals surface area contributed by atoms with Gasteiger partial charge in [-0.3, -0.25) is 14.4 Å². The molecule has 1 saturated heterocycles. The van der Waals surface area contributed by atoms with Crippen LogP contribution in [0.3, 0.4) is 0 Å². The van der Waals surface area contributed by atoms with E-state index in [2.05, 4.69) is 23.5 Å². The van der Waals surface area contributed by atoms with Crippen LogP contribution in [0.25, 0.3) is 10.4 Å². The number of carbonyl (C=O) groups excluding carboxylic acids is 3. The van der Waals surface area contributed by atoms with Crippen molar-refractivity contribution in [2.45, 2.75) is 58.0 Å². The number of esters is 2. The molecule has 0 amide bonds. The monoisotopic (exact) mass is 413 g/mol. The fraction of sp³-hybridized carbons (Fsp3) is 0.773. The van der Waals surface area contributed by atoms with Crippen molar-refractivity contribution in [3.05, 3.63) is 22.6 Å². The average Bonchev–Trinajstić information content (AvgIpc) is 2.73. The van der Waals surface area contributed by atoms with Gasteiger partial charge in [-0.25, -0.2) is 0 Å². The van der Waals surface area contributed by atoms with Crippen LogP contribution < -0.4 is 0 Å². The molecule has 1 heterocycles. The number of rotatable bonds is 3. The van der Waals surface area contributed by atoms with Gasteiger partial charge in [-0.1, -0.05) is 25.0 Å². The number of hydrogen-bond donors (Lipinski definition) is 0. The van der Waals surface area contributed by atoms with Crippen molar-refractivity contribution >= 4 is 17.7 Å². The van der Waals surface area contributed by atoms with E-state index in [9.17, 15) is 14.4 Å². The number of carbonyl (C=O) groups is 3. The third-order valence-corrected chi connectivity index (χ3v) is 9.15. The van der Waals surface area contributed by atoms with Gasteiger partial charge in [0.15, 0.2) is 5.78 Å². The Morgan fingerprint density at radius 1 is 1.27 bits per heavy atom. The minimum atomic E-state index is -0.928. The summed E-state index contributed by atoms with van der Waals surface area (Å²) in [5.41, 5.74) is 7.36. The largest absolute Gasteiger partial charge is 0.465 e. The summed E-state index contributed by atoms with van der Waals surface area (Å²) in [5.74, 6) is -0.950. The molecule has 5 aliphatic carbocycles. The fourth-order valence-electron chi connectivity index (χ4n) is 7.93. The summed E-state index contributed by atoms with van der Waals surface area (Å²) >= 11 is 0. The van der Waals surface area contributed by atoms with Crippen LogP contribution >= 0.6 is 0 Å². The maximum Gasteiger partial charge on any atom is 0.312 e. The Hall–Kier alpha value is -2.34. The highest BCUT2D eigenvalue weighted by Crippen LogP contribution is 2.73. The van der Waals surface area contributed by atoms with Crippen molar-refractivity contribution in [1.29, 1.82) is 0 Å². The van der Waals surface area contributed by atoms with Crippen LogP contribution in [0.15, 0.2) is 17.3 Å². The molecular weight excluding hydrogens is 386 g/mol. The van der Waals surface area contributed by atoms with Crippen LogP contribution in [0.4, 0.5) is 0 Å². The van der Waals surface area contributed by atoms with Crippen LogP contribution in [0.5, 0.6) is 0 Å². The second-order valence-electron chi connectivity index (χ2n) is 10.2. The molecule has 160 valence electrons. The quantitative estimate of drug-likeness (QED) is 0.231. The third kappa shape index (κ3) is 2.23. The lowest BCUT2D eigenvalue weighted by atomic mass is 9.35. The molecule has 30 heavy (non-hydrogen) atoms. The van der Waals surface area contributed by atoms with E-state index < -0.39 is 29.4 Å². The highest BCUT2D eigenvalue weighted by Gasteiger charge is 2.76. The fourth-order valence-corrected chi connectivity index (χ4v) is 7.93. The first-order chi connectivity index (χ1) is 14.3. The first kappa shape index (κ1) is 19.6. The van der Waals surface area contributed by atoms with Gasteiger partial charge in [0.25, 0.3) is 0 Å². The number of Topliss-reactive ketones (excluding diaryl/α,β-unsaturated/α-hetero) is 1.